The summed E-state index contributed by atoms with van der Waals surface area (Å²) in [6.07, 6.45) is 0. The summed E-state index contributed by atoms with van der Waals surface area (Å²) < 4.78 is 5.39. The van der Waals surface area contributed by atoms with Gasteiger partial charge in [-0.2, -0.15) is 0 Å². The highest BCUT2D eigenvalue weighted by Gasteiger charge is 2.09. The van der Waals surface area contributed by atoms with Crippen molar-refractivity contribution < 1.29 is 9.53 Å². The lowest BCUT2D eigenvalue weighted by molar-refractivity contribution is 0.103. The molecule has 0 aliphatic rings. The molecule has 0 unspecified atom stereocenters. The van der Waals surface area contributed by atoms with Crippen LogP contribution in [0.25, 0.3) is 10.8 Å². The van der Waals surface area contributed by atoms with E-state index in [1.54, 1.807) is 0 Å². The fourth-order valence-corrected chi connectivity index (χ4v) is 2.37. The fourth-order valence-electron chi connectivity index (χ4n) is 2.37. The third-order valence-electron chi connectivity index (χ3n) is 3.44. The van der Waals surface area contributed by atoms with Crippen LogP contribution in [-0.4, -0.2) is 12.4 Å². The summed E-state index contributed by atoms with van der Waals surface area (Å²) in [6.45, 7) is 2.56. The molecule has 0 saturated carbocycles. The number of carbonyl (C=O) groups is 1. The van der Waals surface area contributed by atoms with Gasteiger partial charge in [-0.25, -0.2) is 0 Å². The Kier molecular flexibility index (Phi) is 3.69. The number of ether oxygens (including phenoxy) is 1. The van der Waals surface area contributed by atoms with Gasteiger partial charge in [0.05, 0.1) is 6.61 Å². The van der Waals surface area contributed by atoms with Gasteiger partial charge in [-0.05, 0) is 48.0 Å². The summed E-state index contributed by atoms with van der Waals surface area (Å²) in [7, 11) is 0. The number of hydrogen-bond donors (Lipinski definition) is 0. The number of ketones is 1. The predicted octanol–water partition coefficient (Wildman–Crippen LogP) is 4.47. The molecule has 0 heterocycles. The zero-order chi connectivity index (χ0) is 14.7. The number of hydrogen-bond acceptors (Lipinski definition) is 2. The van der Waals surface area contributed by atoms with E-state index in [1.165, 1.54) is 0 Å². The third kappa shape index (κ3) is 2.79. The molecular weight excluding hydrogens is 260 g/mol. The molecule has 3 aromatic carbocycles. The van der Waals surface area contributed by atoms with Crippen molar-refractivity contribution in [1.82, 2.24) is 0 Å². The molecule has 0 spiro atoms. The lowest BCUT2D eigenvalue weighted by atomic mass is 10.00. The molecule has 0 N–H and O–H groups in total. The predicted molar refractivity (Wildman–Crippen MR) is 85.0 cm³/mol. The van der Waals surface area contributed by atoms with Crippen LogP contribution in [0.2, 0.25) is 0 Å². The van der Waals surface area contributed by atoms with E-state index in [1.807, 2.05) is 73.7 Å². The van der Waals surface area contributed by atoms with Crippen molar-refractivity contribution in [2.75, 3.05) is 6.61 Å². The summed E-state index contributed by atoms with van der Waals surface area (Å²) in [5.74, 6) is 0.816. The molecule has 2 heteroatoms. The normalized spacial score (nSPS) is 10.5. The first-order valence-corrected chi connectivity index (χ1v) is 7.04. The van der Waals surface area contributed by atoms with Crippen molar-refractivity contribution >= 4 is 16.6 Å². The van der Waals surface area contributed by atoms with Gasteiger partial charge in [-0.15, -0.1) is 0 Å². The minimum absolute atomic E-state index is 0.0313. The number of rotatable bonds is 4. The average molecular weight is 276 g/mol. The van der Waals surface area contributed by atoms with Crippen molar-refractivity contribution in [3.8, 4) is 5.75 Å². The first-order chi connectivity index (χ1) is 10.3. The van der Waals surface area contributed by atoms with E-state index in [9.17, 15) is 4.79 Å². The number of fused-ring (bicyclic) bond motifs is 1. The molecule has 0 fully saturated rings. The second-order valence-electron chi connectivity index (χ2n) is 4.85. The van der Waals surface area contributed by atoms with E-state index in [0.717, 1.165) is 16.5 Å². The van der Waals surface area contributed by atoms with Crippen molar-refractivity contribution in [1.29, 1.82) is 0 Å². The number of benzene rings is 3. The van der Waals surface area contributed by atoms with Gasteiger partial charge in [-0.3, -0.25) is 4.79 Å². The molecule has 0 amide bonds. The lowest BCUT2D eigenvalue weighted by Crippen LogP contribution is -2.01. The van der Waals surface area contributed by atoms with Gasteiger partial charge in [0.15, 0.2) is 5.78 Å². The van der Waals surface area contributed by atoms with Gasteiger partial charge in [-0.1, -0.05) is 36.4 Å². The molecule has 0 atom stereocenters. The van der Waals surface area contributed by atoms with Crippen LogP contribution >= 0.6 is 0 Å². The van der Waals surface area contributed by atoms with Gasteiger partial charge in [0.25, 0.3) is 0 Å². The average Bonchev–Trinajstić information content (AvgIpc) is 2.55. The van der Waals surface area contributed by atoms with Crippen LogP contribution in [0.15, 0.2) is 66.7 Å². The SMILES string of the molecule is CCOc1ccc(C(=O)c2ccc3ccccc3c2)cc1. The number of carbonyl (C=O) groups excluding carboxylic acids is 1. The topological polar surface area (TPSA) is 26.3 Å². The summed E-state index contributed by atoms with van der Waals surface area (Å²) >= 11 is 0. The van der Waals surface area contributed by atoms with Crippen molar-refractivity contribution in [2.24, 2.45) is 0 Å². The van der Waals surface area contributed by atoms with Crippen LogP contribution in [0.4, 0.5) is 0 Å². The Hall–Kier alpha value is -2.61. The fraction of sp³-hybridized carbons (Fsp3) is 0.105. The van der Waals surface area contributed by atoms with Gasteiger partial charge in [0.2, 0.25) is 0 Å². The third-order valence-corrected chi connectivity index (χ3v) is 3.44. The highest BCUT2D eigenvalue weighted by atomic mass is 16.5. The second kappa shape index (κ2) is 5.80. The first-order valence-electron chi connectivity index (χ1n) is 7.04. The van der Waals surface area contributed by atoms with E-state index in [0.29, 0.717) is 17.7 Å². The smallest absolute Gasteiger partial charge is 0.193 e. The van der Waals surface area contributed by atoms with E-state index in [-0.39, 0.29) is 5.78 Å². The molecule has 104 valence electrons. The lowest BCUT2D eigenvalue weighted by Gasteiger charge is -2.06. The zero-order valence-electron chi connectivity index (χ0n) is 11.9. The molecule has 0 saturated heterocycles. The summed E-state index contributed by atoms with van der Waals surface area (Å²) in [4.78, 5) is 12.5. The molecule has 0 radical (unpaired) electrons. The molecular formula is C19H16O2. The van der Waals surface area contributed by atoms with E-state index < -0.39 is 0 Å². The molecule has 3 aromatic rings. The van der Waals surface area contributed by atoms with Crippen LogP contribution in [0.1, 0.15) is 22.8 Å². The molecule has 0 bridgehead atoms. The van der Waals surface area contributed by atoms with E-state index in [4.69, 9.17) is 4.74 Å². The van der Waals surface area contributed by atoms with Crippen molar-refractivity contribution in [3.05, 3.63) is 77.9 Å². The highest BCUT2D eigenvalue weighted by Crippen LogP contribution is 2.19. The maximum Gasteiger partial charge on any atom is 0.193 e. The molecule has 0 aliphatic carbocycles. The zero-order valence-corrected chi connectivity index (χ0v) is 11.9. The highest BCUT2D eigenvalue weighted by molar-refractivity contribution is 6.10. The standard InChI is InChI=1S/C19H16O2/c1-2-21-18-11-9-15(10-12-18)19(20)17-8-7-14-5-3-4-6-16(14)13-17/h3-13H,2H2,1H3. The van der Waals surface area contributed by atoms with Crippen molar-refractivity contribution in [2.45, 2.75) is 6.92 Å². The minimum atomic E-state index is 0.0313. The molecule has 3 rings (SSSR count). The van der Waals surface area contributed by atoms with Gasteiger partial charge < -0.3 is 4.74 Å². The largest absolute Gasteiger partial charge is 0.494 e. The van der Waals surface area contributed by atoms with Gasteiger partial charge in [0, 0.05) is 11.1 Å². The van der Waals surface area contributed by atoms with Crippen LogP contribution < -0.4 is 4.74 Å². The first kappa shape index (κ1) is 13.4. The van der Waals surface area contributed by atoms with Crippen LogP contribution in [-0.2, 0) is 0 Å². The minimum Gasteiger partial charge on any atom is -0.494 e. The second-order valence-corrected chi connectivity index (χ2v) is 4.85. The van der Waals surface area contributed by atoms with Crippen LogP contribution in [0.5, 0.6) is 5.75 Å². The van der Waals surface area contributed by atoms with E-state index in [2.05, 4.69) is 0 Å². The van der Waals surface area contributed by atoms with Crippen LogP contribution in [0.3, 0.4) is 0 Å². The Labute approximate surface area is 124 Å². The summed E-state index contributed by atoms with van der Waals surface area (Å²) in [6, 6.07) is 21.1. The Balaban J connectivity index is 1.92. The molecule has 2 nitrogen and oxygen atoms in total. The molecule has 0 aromatic heterocycles. The molecule has 21 heavy (non-hydrogen) atoms. The Morgan fingerprint density at radius 1 is 0.857 bits per heavy atom. The monoisotopic (exact) mass is 276 g/mol. The van der Waals surface area contributed by atoms with Gasteiger partial charge in [0.1, 0.15) is 5.75 Å². The quantitative estimate of drug-likeness (QED) is 0.657. The van der Waals surface area contributed by atoms with E-state index >= 15 is 0 Å². The summed E-state index contributed by atoms with van der Waals surface area (Å²) in [5.41, 5.74) is 1.38. The Morgan fingerprint density at radius 2 is 1.52 bits per heavy atom. The summed E-state index contributed by atoms with van der Waals surface area (Å²) in [5, 5.41) is 2.22. The molecule has 0 aliphatic heterocycles. The maximum atomic E-state index is 12.5. The van der Waals surface area contributed by atoms with Crippen molar-refractivity contribution in [3.63, 3.8) is 0 Å². The Bertz CT molecular complexity index is 773. The maximum absolute atomic E-state index is 12.5. The van der Waals surface area contributed by atoms with Crippen LogP contribution in [0, 0.1) is 0 Å². The van der Waals surface area contributed by atoms with Gasteiger partial charge >= 0.3 is 0 Å². The Morgan fingerprint density at radius 3 is 2.24 bits per heavy atom.